The number of amides is 2. The molecule has 0 saturated carbocycles. The summed E-state index contributed by atoms with van der Waals surface area (Å²) in [5.74, 6) is -0.994. The molecule has 3 N–H and O–H groups in total. The number of nitrogens with one attached hydrogen (secondary N) is 1. The molecule has 0 atom stereocenters. The minimum atomic E-state index is -4.80. The fourth-order valence-electron chi connectivity index (χ4n) is 2.48. The molecule has 0 saturated heterocycles. The molecular weight excluding hydrogens is 356 g/mol. The Hall–Kier alpha value is -3.30. The molecule has 0 aliphatic heterocycles. The van der Waals surface area contributed by atoms with Crippen molar-refractivity contribution in [3.63, 3.8) is 0 Å². The Kier molecular flexibility index (Phi) is 4.41. The summed E-state index contributed by atoms with van der Waals surface area (Å²) in [7, 11) is 0. The number of benzene rings is 2. The Labute approximate surface area is 144 Å². The molecule has 3 rings (SSSR count). The van der Waals surface area contributed by atoms with Gasteiger partial charge in [-0.2, -0.15) is 5.10 Å². The fourth-order valence-corrected chi connectivity index (χ4v) is 2.48. The van der Waals surface area contributed by atoms with Crippen LogP contribution < -0.4 is 15.4 Å². The lowest BCUT2D eigenvalue weighted by atomic mass is 10.1. The molecule has 0 radical (unpaired) electrons. The van der Waals surface area contributed by atoms with Crippen molar-refractivity contribution in [1.82, 2.24) is 10.2 Å². The topological polar surface area (TPSA) is 84.2 Å². The lowest BCUT2D eigenvalue weighted by Gasteiger charge is -2.21. The maximum atomic E-state index is 13.8. The van der Waals surface area contributed by atoms with Crippen molar-refractivity contribution in [2.24, 2.45) is 5.73 Å². The molecule has 2 aromatic carbocycles. The summed E-state index contributed by atoms with van der Waals surface area (Å²) < 4.78 is 54.2. The van der Waals surface area contributed by atoms with E-state index in [9.17, 15) is 22.4 Å². The van der Waals surface area contributed by atoms with E-state index in [1.807, 2.05) is 0 Å². The second-order valence-electron chi connectivity index (χ2n) is 5.37. The number of anilines is 1. The van der Waals surface area contributed by atoms with Gasteiger partial charge >= 0.3 is 12.4 Å². The Bertz CT molecular complexity index is 938. The van der Waals surface area contributed by atoms with E-state index in [1.165, 1.54) is 24.4 Å². The zero-order valence-corrected chi connectivity index (χ0v) is 13.0. The van der Waals surface area contributed by atoms with Gasteiger partial charge in [0.05, 0.1) is 23.9 Å². The number of hydrogen-bond acceptors (Lipinski definition) is 3. The number of alkyl halides is 3. The van der Waals surface area contributed by atoms with Crippen LogP contribution in [0.1, 0.15) is 5.56 Å². The van der Waals surface area contributed by atoms with E-state index in [0.717, 1.165) is 23.1 Å². The van der Waals surface area contributed by atoms with Crippen LogP contribution in [0.2, 0.25) is 0 Å². The standard InChI is InChI=1S/C16H12F4N4O2/c17-10-5-13-12(7-22-23-13)14(6-10)24(15(21)25)8-9-1-3-11(4-2-9)26-16(18,19)20/h1-7H,8H2,(H2,21,25)(H,22,23). The van der Waals surface area contributed by atoms with Crippen LogP contribution >= 0.6 is 0 Å². The van der Waals surface area contributed by atoms with Gasteiger partial charge in [-0.25, -0.2) is 9.18 Å². The van der Waals surface area contributed by atoms with Crippen molar-refractivity contribution < 1.29 is 27.1 Å². The Morgan fingerprint density at radius 1 is 1.23 bits per heavy atom. The molecule has 26 heavy (non-hydrogen) atoms. The van der Waals surface area contributed by atoms with Crippen molar-refractivity contribution in [1.29, 1.82) is 0 Å². The van der Waals surface area contributed by atoms with E-state index in [-0.39, 0.29) is 12.2 Å². The molecule has 1 aromatic heterocycles. The van der Waals surface area contributed by atoms with Crippen LogP contribution in [-0.2, 0) is 6.54 Å². The third kappa shape index (κ3) is 3.85. The highest BCUT2D eigenvalue weighted by Crippen LogP contribution is 2.29. The number of primary amides is 1. The summed E-state index contributed by atoms with van der Waals surface area (Å²) in [6.07, 6.45) is -3.38. The van der Waals surface area contributed by atoms with Crippen LogP contribution in [0.3, 0.4) is 0 Å². The van der Waals surface area contributed by atoms with Crippen molar-refractivity contribution in [3.8, 4) is 5.75 Å². The molecule has 0 spiro atoms. The lowest BCUT2D eigenvalue weighted by molar-refractivity contribution is -0.274. The molecule has 0 unspecified atom stereocenters. The van der Waals surface area contributed by atoms with Crippen LogP contribution in [0.5, 0.6) is 5.75 Å². The number of aromatic amines is 1. The van der Waals surface area contributed by atoms with Gasteiger partial charge in [0.2, 0.25) is 0 Å². The first-order chi connectivity index (χ1) is 12.2. The van der Waals surface area contributed by atoms with Crippen molar-refractivity contribution in [3.05, 3.63) is 54.0 Å². The maximum absolute atomic E-state index is 13.8. The second-order valence-corrected chi connectivity index (χ2v) is 5.37. The van der Waals surface area contributed by atoms with Gasteiger partial charge in [-0.15, -0.1) is 13.2 Å². The molecule has 0 aliphatic rings. The van der Waals surface area contributed by atoms with Crippen LogP contribution in [-0.4, -0.2) is 22.6 Å². The zero-order chi connectivity index (χ0) is 18.9. The van der Waals surface area contributed by atoms with Gasteiger partial charge in [-0.1, -0.05) is 12.1 Å². The lowest BCUT2D eigenvalue weighted by Crippen LogP contribution is -2.35. The molecule has 2 amide bonds. The largest absolute Gasteiger partial charge is 0.573 e. The van der Waals surface area contributed by atoms with E-state index in [2.05, 4.69) is 14.9 Å². The number of rotatable bonds is 4. The molecule has 0 aliphatic carbocycles. The average Bonchev–Trinajstić information content (AvgIpc) is 3.00. The zero-order valence-electron chi connectivity index (χ0n) is 13.0. The van der Waals surface area contributed by atoms with E-state index >= 15 is 0 Å². The van der Waals surface area contributed by atoms with Crippen molar-refractivity contribution in [2.75, 3.05) is 4.90 Å². The number of halogens is 4. The number of carbonyl (C=O) groups is 1. The van der Waals surface area contributed by atoms with Gasteiger partial charge in [0, 0.05) is 5.39 Å². The predicted octanol–water partition coefficient (Wildman–Crippen LogP) is 3.69. The number of urea groups is 1. The third-order valence-corrected chi connectivity index (χ3v) is 3.56. The molecule has 136 valence electrons. The number of ether oxygens (including phenoxy) is 1. The quantitative estimate of drug-likeness (QED) is 0.689. The highest BCUT2D eigenvalue weighted by molar-refractivity contribution is 6.01. The number of carbonyl (C=O) groups excluding carboxylic acids is 1. The smallest absolute Gasteiger partial charge is 0.406 e. The highest BCUT2D eigenvalue weighted by Gasteiger charge is 2.31. The number of fused-ring (bicyclic) bond motifs is 1. The fraction of sp³-hybridized carbons (Fsp3) is 0.125. The Morgan fingerprint density at radius 3 is 2.54 bits per heavy atom. The van der Waals surface area contributed by atoms with Crippen LogP contribution in [0, 0.1) is 5.82 Å². The van der Waals surface area contributed by atoms with E-state index < -0.39 is 24.0 Å². The van der Waals surface area contributed by atoms with Gasteiger partial charge in [-0.3, -0.25) is 10.00 Å². The molecule has 10 heteroatoms. The van der Waals surface area contributed by atoms with Crippen LogP contribution in [0.25, 0.3) is 10.9 Å². The summed E-state index contributed by atoms with van der Waals surface area (Å²) >= 11 is 0. The molecule has 0 bridgehead atoms. The van der Waals surface area contributed by atoms with Crippen LogP contribution in [0.4, 0.5) is 28.0 Å². The van der Waals surface area contributed by atoms with Crippen molar-refractivity contribution >= 4 is 22.6 Å². The summed E-state index contributed by atoms with van der Waals surface area (Å²) in [4.78, 5) is 13.0. The summed E-state index contributed by atoms with van der Waals surface area (Å²) in [5.41, 5.74) is 6.44. The first kappa shape index (κ1) is 17.5. The van der Waals surface area contributed by atoms with Gasteiger partial charge in [0.1, 0.15) is 11.6 Å². The highest BCUT2D eigenvalue weighted by atomic mass is 19.4. The number of aromatic nitrogens is 2. The number of hydrogen-bond donors (Lipinski definition) is 2. The minimum Gasteiger partial charge on any atom is -0.406 e. The Morgan fingerprint density at radius 2 is 1.92 bits per heavy atom. The number of H-pyrrole nitrogens is 1. The summed E-state index contributed by atoms with van der Waals surface area (Å²) in [5, 5.41) is 6.87. The minimum absolute atomic E-state index is 0.0780. The number of nitrogens with two attached hydrogens (primary N) is 1. The van der Waals surface area contributed by atoms with Crippen LogP contribution in [0.15, 0.2) is 42.6 Å². The van der Waals surface area contributed by atoms with Crippen molar-refractivity contribution in [2.45, 2.75) is 12.9 Å². The van der Waals surface area contributed by atoms with Gasteiger partial charge in [0.25, 0.3) is 0 Å². The van der Waals surface area contributed by atoms with Gasteiger partial charge < -0.3 is 10.5 Å². The SMILES string of the molecule is NC(=O)N(Cc1ccc(OC(F)(F)F)cc1)c1cc(F)cc2[nH]ncc12. The van der Waals surface area contributed by atoms with Gasteiger partial charge in [0.15, 0.2) is 0 Å². The second kappa shape index (κ2) is 6.54. The molecule has 0 fully saturated rings. The summed E-state index contributed by atoms with van der Waals surface area (Å²) in [6.45, 7) is -0.0780. The first-order valence-electron chi connectivity index (χ1n) is 7.27. The molecule has 1 heterocycles. The van der Waals surface area contributed by atoms with E-state index in [4.69, 9.17) is 5.73 Å². The average molecular weight is 368 g/mol. The summed E-state index contributed by atoms with van der Waals surface area (Å²) in [6, 6.07) is 6.42. The molecule has 3 aromatic rings. The third-order valence-electron chi connectivity index (χ3n) is 3.56. The van der Waals surface area contributed by atoms with E-state index in [0.29, 0.717) is 16.5 Å². The molecular formula is C16H12F4N4O2. The maximum Gasteiger partial charge on any atom is 0.573 e. The predicted molar refractivity (Wildman–Crippen MR) is 84.9 cm³/mol. The number of nitrogens with zero attached hydrogens (tertiary/aromatic N) is 2. The van der Waals surface area contributed by atoms with Gasteiger partial charge in [-0.05, 0) is 29.8 Å². The Balaban J connectivity index is 1.90. The monoisotopic (exact) mass is 368 g/mol. The van der Waals surface area contributed by atoms with E-state index in [1.54, 1.807) is 0 Å². The first-order valence-corrected chi connectivity index (χ1v) is 7.27. The molecule has 6 nitrogen and oxygen atoms in total. The normalized spacial score (nSPS) is 11.5.